The van der Waals surface area contributed by atoms with Gasteiger partial charge in [-0.2, -0.15) is 0 Å². The summed E-state index contributed by atoms with van der Waals surface area (Å²) >= 11 is 0. The molecule has 0 aliphatic carbocycles. The molecule has 0 fully saturated rings. The van der Waals surface area contributed by atoms with Crippen molar-refractivity contribution in [3.63, 3.8) is 0 Å². The molecule has 0 atom stereocenters. The molecule has 1 N–H and O–H groups in total. The summed E-state index contributed by atoms with van der Waals surface area (Å²) in [6, 6.07) is 13.6. The van der Waals surface area contributed by atoms with Crippen LogP contribution in [-0.2, 0) is 11.2 Å². The third-order valence-corrected chi connectivity index (χ3v) is 5.10. The highest BCUT2D eigenvalue weighted by Crippen LogP contribution is 2.36. The number of hydrogen-bond donors (Lipinski definition) is 1. The normalized spacial score (nSPS) is 16.6. The molecular weight excluding hydrogens is 340 g/mol. The number of amides is 1. The van der Waals surface area contributed by atoms with Gasteiger partial charge in [-0.25, -0.2) is 0 Å². The molecule has 142 valence electrons. The molecule has 1 heterocycles. The zero-order valence-corrected chi connectivity index (χ0v) is 16.5. The summed E-state index contributed by atoms with van der Waals surface area (Å²) in [5.74, 6) is 1.01. The van der Waals surface area contributed by atoms with E-state index in [2.05, 4.69) is 36.2 Å². The first-order chi connectivity index (χ1) is 12.9. The van der Waals surface area contributed by atoms with Crippen molar-refractivity contribution in [2.75, 3.05) is 26.6 Å². The van der Waals surface area contributed by atoms with E-state index in [-0.39, 0.29) is 11.4 Å². The van der Waals surface area contributed by atoms with Crippen molar-refractivity contribution in [3.8, 4) is 11.5 Å². The molecule has 0 aromatic heterocycles. The highest BCUT2D eigenvalue weighted by molar-refractivity contribution is 6.04. The van der Waals surface area contributed by atoms with E-state index in [4.69, 9.17) is 9.47 Å². The number of carbonyl (C=O) groups is 1. The van der Waals surface area contributed by atoms with Crippen molar-refractivity contribution >= 4 is 17.3 Å². The predicted molar refractivity (Wildman–Crippen MR) is 108 cm³/mol. The van der Waals surface area contributed by atoms with Crippen LogP contribution in [0.4, 0.5) is 5.69 Å². The molecule has 0 saturated heterocycles. The van der Waals surface area contributed by atoms with E-state index in [1.54, 1.807) is 38.5 Å². The van der Waals surface area contributed by atoms with Gasteiger partial charge in [-0.05, 0) is 38.0 Å². The Morgan fingerprint density at radius 3 is 2.52 bits per heavy atom. The van der Waals surface area contributed by atoms with Gasteiger partial charge in [0.2, 0.25) is 5.91 Å². The first-order valence-electron chi connectivity index (χ1n) is 8.92. The van der Waals surface area contributed by atoms with E-state index in [0.717, 1.165) is 17.7 Å². The van der Waals surface area contributed by atoms with E-state index in [1.807, 2.05) is 19.2 Å². The van der Waals surface area contributed by atoms with Crippen LogP contribution in [0.3, 0.4) is 0 Å². The Morgan fingerprint density at radius 2 is 1.81 bits per heavy atom. The van der Waals surface area contributed by atoms with Gasteiger partial charge in [0.15, 0.2) is 11.5 Å². The number of anilines is 1. The van der Waals surface area contributed by atoms with Crippen LogP contribution in [0.5, 0.6) is 11.5 Å². The van der Waals surface area contributed by atoms with Crippen LogP contribution in [0.25, 0.3) is 5.70 Å². The Hall–Kier alpha value is -2.95. The minimum Gasteiger partial charge on any atom is -0.493 e. The van der Waals surface area contributed by atoms with Crippen molar-refractivity contribution in [2.24, 2.45) is 0 Å². The molecule has 3 rings (SSSR count). The largest absolute Gasteiger partial charge is 0.493 e. The van der Waals surface area contributed by atoms with Crippen LogP contribution in [0.15, 0.2) is 48.5 Å². The lowest BCUT2D eigenvalue weighted by atomic mass is 9.84. The molecule has 5 nitrogen and oxygen atoms in total. The Morgan fingerprint density at radius 1 is 1.11 bits per heavy atom. The third kappa shape index (κ3) is 3.77. The van der Waals surface area contributed by atoms with Crippen LogP contribution < -0.4 is 14.8 Å². The van der Waals surface area contributed by atoms with Crippen molar-refractivity contribution < 1.29 is 14.3 Å². The molecule has 2 aromatic carbocycles. The van der Waals surface area contributed by atoms with Crippen molar-refractivity contribution in [1.82, 2.24) is 4.90 Å². The maximum atomic E-state index is 12.7. The van der Waals surface area contributed by atoms with Gasteiger partial charge in [0, 0.05) is 41.7 Å². The number of methoxy groups -OCH3 is 2. The predicted octanol–water partition coefficient (Wildman–Crippen LogP) is 3.95. The number of nitrogens with zero attached hydrogens (tertiary/aromatic N) is 1. The van der Waals surface area contributed by atoms with Gasteiger partial charge >= 0.3 is 0 Å². The summed E-state index contributed by atoms with van der Waals surface area (Å²) in [6.45, 7) is 4.37. The van der Waals surface area contributed by atoms with E-state index in [1.165, 1.54) is 5.56 Å². The SMILES string of the molecule is COc1ccc(NC(=O)C=C2c3ccccc3CC(C)(C)N2C)cc1OC. The first kappa shape index (κ1) is 18.8. The Bertz CT molecular complexity index is 887. The maximum absolute atomic E-state index is 12.7. The lowest BCUT2D eigenvalue weighted by molar-refractivity contribution is -0.111. The van der Waals surface area contributed by atoms with Crippen molar-refractivity contribution in [1.29, 1.82) is 0 Å². The van der Waals surface area contributed by atoms with E-state index in [0.29, 0.717) is 17.2 Å². The number of carbonyl (C=O) groups excluding carboxylic acids is 1. The van der Waals surface area contributed by atoms with E-state index >= 15 is 0 Å². The highest BCUT2D eigenvalue weighted by atomic mass is 16.5. The number of ether oxygens (including phenoxy) is 2. The average Bonchev–Trinajstić information content (AvgIpc) is 2.65. The summed E-state index contributed by atoms with van der Waals surface area (Å²) in [6.07, 6.45) is 2.60. The fraction of sp³-hybridized carbons (Fsp3) is 0.318. The summed E-state index contributed by atoms with van der Waals surface area (Å²) < 4.78 is 10.5. The van der Waals surface area contributed by atoms with Gasteiger partial charge in [-0.1, -0.05) is 24.3 Å². The Balaban J connectivity index is 1.90. The minimum absolute atomic E-state index is 0.0657. The zero-order valence-electron chi connectivity index (χ0n) is 16.5. The molecule has 27 heavy (non-hydrogen) atoms. The zero-order chi connectivity index (χ0) is 19.6. The molecule has 1 aliphatic heterocycles. The molecule has 5 heteroatoms. The second-order valence-electron chi connectivity index (χ2n) is 7.29. The molecule has 0 spiro atoms. The van der Waals surface area contributed by atoms with Crippen LogP contribution in [0.1, 0.15) is 25.0 Å². The smallest absolute Gasteiger partial charge is 0.250 e. The fourth-order valence-electron chi connectivity index (χ4n) is 3.41. The number of rotatable bonds is 4. The molecule has 0 saturated carbocycles. The lowest BCUT2D eigenvalue weighted by Crippen LogP contribution is -2.45. The van der Waals surface area contributed by atoms with Crippen molar-refractivity contribution in [3.05, 3.63) is 59.7 Å². The van der Waals surface area contributed by atoms with Gasteiger partial charge in [0.05, 0.1) is 14.2 Å². The Labute approximate surface area is 160 Å². The monoisotopic (exact) mass is 366 g/mol. The van der Waals surface area contributed by atoms with Crippen LogP contribution in [0, 0.1) is 0 Å². The lowest BCUT2D eigenvalue weighted by Gasteiger charge is -2.44. The van der Waals surface area contributed by atoms with Gasteiger partial charge in [-0.15, -0.1) is 0 Å². The second-order valence-corrected chi connectivity index (χ2v) is 7.29. The average molecular weight is 366 g/mol. The fourth-order valence-corrected chi connectivity index (χ4v) is 3.41. The van der Waals surface area contributed by atoms with E-state index < -0.39 is 0 Å². The molecular formula is C22H26N2O3. The standard InChI is InChI=1S/C22H26N2O3/c1-22(2)14-15-8-6-7-9-17(15)18(24(22)3)13-21(25)23-16-10-11-19(26-4)20(12-16)27-5/h6-13H,14H2,1-5H3,(H,23,25). The topological polar surface area (TPSA) is 50.8 Å². The van der Waals surface area contributed by atoms with Crippen LogP contribution in [0.2, 0.25) is 0 Å². The van der Waals surface area contributed by atoms with E-state index in [9.17, 15) is 4.79 Å². The third-order valence-electron chi connectivity index (χ3n) is 5.10. The number of benzene rings is 2. The van der Waals surface area contributed by atoms with Gasteiger partial charge < -0.3 is 19.7 Å². The number of likely N-dealkylation sites (N-methyl/N-ethyl adjacent to an activating group) is 1. The summed E-state index contributed by atoms with van der Waals surface area (Å²) in [7, 11) is 5.19. The summed E-state index contributed by atoms with van der Waals surface area (Å²) in [5.41, 5.74) is 3.86. The molecule has 0 bridgehead atoms. The summed E-state index contributed by atoms with van der Waals surface area (Å²) in [5, 5.41) is 2.92. The maximum Gasteiger partial charge on any atom is 0.250 e. The minimum atomic E-state index is -0.184. The first-order valence-corrected chi connectivity index (χ1v) is 8.92. The summed E-state index contributed by atoms with van der Waals surface area (Å²) in [4.78, 5) is 14.9. The van der Waals surface area contributed by atoms with Gasteiger partial charge in [-0.3, -0.25) is 4.79 Å². The molecule has 1 amide bonds. The van der Waals surface area contributed by atoms with Crippen LogP contribution in [-0.4, -0.2) is 37.6 Å². The number of hydrogen-bond acceptors (Lipinski definition) is 4. The van der Waals surface area contributed by atoms with Gasteiger partial charge in [0.1, 0.15) is 0 Å². The Kier molecular flexibility index (Phi) is 5.13. The van der Waals surface area contributed by atoms with Crippen molar-refractivity contribution in [2.45, 2.75) is 25.8 Å². The number of nitrogens with one attached hydrogen (secondary N) is 1. The molecule has 2 aromatic rings. The second kappa shape index (κ2) is 7.35. The number of fused-ring (bicyclic) bond motifs is 1. The molecule has 0 unspecified atom stereocenters. The van der Waals surface area contributed by atoms with Crippen LogP contribution >= 0.6 is 0 Å². The van der Waals surface area contributed by atoms with Gasteiger partial charge in [0.25, 0.3) is 0 Å². The molecule has 1 aliphatic rings. The quantitative estimate of drug-likeness (QED) is 0.833. The molecule has 0 radical (unpaired) electrons. The highest BCUT2D eigenvalue weighted by Gasteiger charge is 2.33.